The van der Waals surface area contributed by atoms with E-state index < -0.39 is 49.3 Å². The van der Waals surface area contributed by atoms with Crippen LogP contribution < -0.4 is 11.2 Å². The van der Waals surface area contributed by atoms with Crippen molar-refractivity contribution >= 4 is 18.1 Å². The second-order valence-corrected chi connectivity index (χ2v) is 6.88. The van der Waals surface area contributed by atoms with Crippen LogP contribution in [0.4, 0.5) is 5.82 Å². The van der Waals surface area contributed by atoms with E-state index in [2.05, 4.69) is 15.4 Å². The van der Waals surface area contributed by atoms with E-state index in [-0.39, 0.29) is 5.92 Å². The number of hydrazine groups is 1. The molecule has 12 nitrogen and oxygen atoms in total. The normalized spacial score (nSPS) is 31.4. The van der Waals surface area contributed by atoms with Crippen LogP contribution in [0.3, 0.4) is 0 Å². The van der Waals surface area contributed by atoms with Gasteiger partial charge in [-0.25, -0.2) is 15.4 Å². The van der Waals surface area contributed by atoms with Gasteiger partial charge in [-0.1, -0.05) is 13.8 Å². The maximum absolute atomic E-state index is 11.4. The zero-order valence-corrected chi connectivity index (χ0v) is 14.9. The molecule has 3 unspecified atom stereocenters. The summed E-state index contributed by atoms with van der Waals surface area (Å²) in [5.41, 5.74) is 9.33. The van der Waals surface area contributed by atoms with Gasteiger partial charge >= 0.3 is 5.97 Å². The van der Waals surface area contributed by atoms with Crippen molar-refractivity contribution in [3.63, 3.8) is 0 Å². The average Bonchev–Trinajstić information content (AvgIpc) is 3.16. The summed E-state index contributed by atoms with van der Waals surface area (Å²) < 4.78 is 6.91. The van der Waals surface area contributed by atoms with Crippen molar-refractivity contribution in [2.75, 3.05) is 6.61 Å². The molecule has 3 rings (SSSR count). The topological polar surface area (TPSA) is 179 Å². The minimum absolute atomic E-state index is 0.194. The number of aliphatic hydroxyl groups is 3. The molecule has 6 atom stereocenters. The quantitative estimate of drug-likeness (QED) is 0.322. The van der Waals surface area contributed by atoms with Crippen molar-refractivity contribution in [1.29, 1.82) is 0 Å². The van der Waals surface area contributed by atoms with E-state index in [1.807, 2.05) is 0 Å². The highest BCUT2D eigenvalue weighted by Crippen LogP contribution is 2.36. The van der Waals surface area contributed by atoms with Gasteiger partial charge in [-0.2, -0.15) is 0 Å². The van der Waals surface area contributed by atoms with Crippen LogP contribution in [0.2, 0.25) is 0 Å². The monoisotopic (exact) mass is 384 g/mol. The maximum atomic E-state index is 11.4. The summed E-state index contributed by atoms with van der Waals surface area (Å²) in [6, 6.07) is -0.869. The maximum Gasteiger partial charge on any atom is 0.322 e. The van der Waals surface area contributed by atoms with E-state index in [4.69, 9.17) is 10.5 Å². The molecule has 27 heavy (non-hydrogen) atoms. The smallest absolute Gasteiger partial charge is 0.322 e. The summed E-state index contributed by atoms with van der Waals surface area (Å²) >= 11 is 0. The molecule has 0 aromatic carbocycles. The van der Waals surface area contributed by atoms with E-state index >= 15 is 0 Å². The molecular formula is C15H24N6O6. The van der Waals surface area contributed by atoms with Crippen LogP contribution in [-0.2, 0) is 9.53 Å². The van der Waals surface area contributed by atoms with Gasteiger partial charge in [0.2, 0.25) is 0 Å². The Balaban J connectivity index is 1.82. The Bertz CT molecular complexity index is 724. The number of fused-ring (bicyclic) bond motifs is 1. The number of carboxylic acids is 1. The Morgan fingerprint density at radius 3 is 2.67 bits per heavy atom. The number of carbonyl (C=O) groups is 1. The van der Waals surface area contributed by atoms with Crippen LogP contribution >= 0.6 is 0 Å². The molecule has 2 aliphatic heterocycles. The molecule has 0 aliphatic carbocycles. The largest absolute Gasteiger partial charge is 0.480 e. The first kappa shape index (κ1) is 19.7. The molecule has 0 saturated carbocycles. The lowest BCUT2D eigenvalue weighted by Gasteiger charge is -2.33. The average molecular weight is 384 g/mol. The van der Waals surface area contributed by atoms with Crippen molar-refractivity contribution in [3.05, 3.63) is 12.0 Å². The summed E-state index contributed by atoms with van der Waals surface area (Å²) in [5, 5.41) is 40.0. The molecule has 0 radical (unpaired) electrons. The van der Waals surface area contributed by atoms with Crippen molar-refractivity contribution in [3.8, 4) is 0 Å². The van der Waals surface area contributed by atoms with Gasteiger partial charge < -0.3 is 30.9 Å². The van der Waals surface area contributed by atoms with E-state index in [1.54, 1.807) is 13.8 Å². The first-order valence-electron chi connectivity index (χ1n) is 8.52. The summed E-state index contributed by atoms with van der Waals surface area (Å²) in [6.07, 6.45) is -2.56. The number of imidazole rings is 1. The van der Waals surface area contributed by atoms with Crippen LogP contribution in [0, 0.1) is 5.92 Å². The Labute approximate surface area is 154 Å². The van der Waals surface area contributed by atoms with Crippen LogP contribution in [0.15, 0.2) is 11.3 Å². The number of hydrogen-bond donors (Lipinski definition) is 6. The first-order valence-corrected chi connectivity index (χ1v) is 8.52. The molecule has 150 valence electrons. The minimum Gasteiger partial charge on any atom is -0.480 e. The lowest BCUT2D eigenvalue weighted by Crippen LogP contribution is -2.54. The predicted octanol–water partition coefficient (Wildman–Crippen LogP) is -1.96. The summed E-state index contributed by atoms with van der Waals surface area (Å²) in [6.45, 7) is 3.08. The molecule has 1 saturated heterocycles. The molecule has 3 heterocycles. The molecule has 1 fully saturated rings. The van der Waals surface area contributed by atoms with Crippen LogP contribution in [0.1, 0.15) is 31.9 Å². The molecule has 0 bridgehead atoms. The fourth-order valence-electron chi connectivity index (χ4n) is 3.09. The minimum atomic E-state index is -1.28. The highest BCUT2D eigenvalue weighted by atomic mass is 16.6. The Morgan fingerprint density at radius 1 is 1.41 bits per heavy atom. The number of nitrogens with two attached hydrogens (primary N) is 1. The van der Waals surface area contributed by atoms with Crippen molar-refractivity contribution in [1.82, 2.24) is 20.0 Å². The number of aliphatic imine (C=N–C) groups is 1. The lowest BCUT2D eigenvalue weighted by molar-refractivity contribution is -0.142. The third-order valence-corrected chi connectivity index (χ3v) is 4.69. The fraction of sp³-hybridized carbons (Fsp3) is 0.667. The highest BCUT2D eigenvalue weighted by Gasteiger charge is 2.45. The number of nitrogens with zero attached hydrogens (tertiary/aromatic N) is 4. The third-order valence-electron chi connectivity index (χ3n) is 4.69. The number of aliphatic hydroxyl groups excluding tert-OH is 3. The third kappa shape index (κ3) is 3.42. The highest BCUT2D eigenvalue weighted by molar-refractivity contribution is 5.74. The molecule has 7 N–H and O–H groups in total. The van der Waals surface area contributed by atoms with Gasteiger partial charge in [0, 0.05) is 0 Å². The number of rotatable bonds is 6. The van der Waals surface area contributed by atoms with Gasteiger partial charge in [0.1, 0.15) is 42.6 Å². The first-order chi connectivity index (χ1) is 12.8. The second kappa shape index (κ2) is 7.50. The molecule has 0 amide bonds. The van der Waals surface area contributed by atoms with E-state index in [1.165, 1.54) is 22.2 Å². The van der Waals surface area contributed by atoms with Gasteiger partial charge in [0.15, 0.2) is 12.0 Å². The predicted molar refractivity (Wildman–Crippen MR) is 91.6 cm³/mol. The molecule has 1 aromatic rings. The molecule has 12 heteroatoms. The zero-order valence-electron chi connectivity index (χ0n) is 14.9. The van der Waals surface area contributed by atoms with E-state index in [9.17, 15) is 25.2 Å². The number of nitrogens with one attached hydrogen (secondary N) is 1. The van der Waals surface area contributed by atoms with E-state index in [0.29, 0.717) is 11.5 Å². The fourth-order valence-corrected chi connectivity index (χ4v) is 3.09. The number of aliphatic carboxylic acids is 1. The molecule has 2 aliphatic rings. The van der Waals surface area contributed by atoms with Gasteiger partial charge in [-0.3, -0.25) is 14.4 Å². The Hall–Kier alpha value is -2.09. The Kier molecular flexibility index (Phi) is 5.46. The standard InChI is InChI=1S/C15H24N6O6/c1-6(2)8(15(25)26)19-21-5-18-13-9(12(21)16)17-4-20(13)14-11(24)10(23)7(3-22)27-14/h4-8,10-12,14,19,22-24H,3,16H2,1-2H3,(H,25,26)/t7-,8+,10?,11?,12?,14-/m0/s1. The number of ether oxygens (including phenoxy) is 1. The van der Waals surface area contributed by atoms with E-state index in [0.717, 1.165) is 0 Å². The molecular weight excluding hydrogens is 360 g/mol. The number of carboxylic acid groups (broad SMARTS) is 1. The van der Waals surface area contributed by atoms with Crippen LogP contribution in [0.5, 0.6) is 0 Å². The van der Waals surface area contributed by atoms with Crippen LogP contribution in [-0.4, -0.2) is 78.3 Å². The summed E-state index contributed by atoms with van der Waals surface area (Å²) in [7, 11) is 0. The second-order valence-electron chi connectivity index (χ2n) is 6.88. The van der Waals surface area contributed by atoms with Crippen molar-refractivity contribution < 1.29 is 30.0 Å². The number of hydrogen-bond acceptors (Lipinski definition) is 10. The van der Waals surface area contributed by atoms with Gasteiger partial charge in [-0.15, -0.1) is 0 Å². The Morgan fingerprint density at radius 2 is 2.11 bits per heavy atom. The van der Waals surface area contributed by atoms with Gasteiger partial charge in [0.05, 0.1) is 12.9 Å². The summed E-state index contributed by atoms with van der Waals surface area (Å²) in [4.78, 5) is 19.8. The van der Waals surface area contributed by atoms with Gasteiger partial charge in [0.25, 0.3) is 0 Å². The lowest BCUT2D eigenvalue weighted by atomic mass is 10.1. The van der Waals surface area contributed by atoms with Crippen molar-refractivity contribution in [2.45, 2.75) is 50.6 Å². The summed E-state index contributed by atoms with van der Waals surface area (Å²) in [5.74, 6) is -0.902. The van der Waals surface area contributed by atoms with Crippen molar-refractivity contribution in [2.24, 2.45) is 16.6 Å². The SMILES string of the molecule is CC(C)[C@@H](NN1C=Nc2c(ncn2[C@H]2O[C@@H](CO)C(O)C2O)C1N)C(=O)O. The zero-order chi connectivity index (χ0) is 19.9. The molecule has 0 spiro atoms. The van der Waals surface area contributed by atoms with Crippen LogP contribution in [0.25, 0.3) is 0 Å². The van der Waals surface area contributed by atoms with Gasteiger partial charge in [-0.05, 0) is 5.92 Å². The number of aromatic nitrogens is 2. The molecule has 1 aromatic heterocycles.